The second-order valence-corrected chi connectivity index (χ2v) is 8.17. The molecule has 0 aliphatic heterocycles. The second kappa shape index (κ2) is 9.11. The number of thioether (sulfide) groups is 1. The molecule has 24 heavy (non-hydrogen) atoms. The molecule has 6 nitrogen and oxygen atoms in total. The molecule has 0 aromatic carbocycles. The standard InChI is InChI=1S/C17H30N2O4S/c1-9-12(13(20)22-16(2,3)4)10-11-19(14(18)24-8)15(21)23-17(5,6)7/h9,12,18H,1,10-11H2,2-8H3/p+1. The Labute approximate surface area is 149 Å². The number of nitrogens with zero attached hydrogens (tertiary/aromatic N) is 1. The van der Waals surface area contributed by atoms with Gasteiger partial charge in [-0.25, -0.2) is 0 Å². The summed E-state index contributed by atoms with van der Waals surface area (Å²) in [5.41, 5.74) is 4.70. The van der Waals surface area contributed by atoms with Crippen molar-refractivity contribution < 1.29 is 23.6 Å². The van der Waals surface area contributed by atoms with Crippen molar-refractivity contribution in [3.8, 4) is 0 Å². The molecular weight excluding hydrogens is 328 g/mol. The van der Waals surface area contributed by atoms with E-state index in [1.165, 1.54) is 22.4 Å². The summed E-state index contributed by atoms with van der Waals surface area (Å²) in [5, 5.41) is 0.316. The molecule has 1 unspecified atom stereocenters. The zero-order valence-corrected chi connectivity index (χ0v) is 16.7. The molecule has 0 spiro atoms. The van der Waals surface area contributed by atoms with Crippen LogP contribution in [0.25, 0.3) is 0 Å². The molecule has 2 N–H and O–H groups in total. The third-order valence-electron chi connectivity index (χ3n) is 2.75. The Balaban J connectivity index is 5.09. The average Bonchev–Trinajstić information content (AvgIpc) is 2.38. The molecule has 7 heteroatoms. The van der Waals surface area contributed by atoms with E-state index in [4.69, 9.17) is 15.2 Å². The number of amides is 1. The van der Waals surface area contributed by atoms with Crippen LogP contribution in [0.4, 0.5) is 4.79 Å². The molecule has 0 saturated heterocycles. The fourth-order valence-corrected chi connectivity index (χ4v) is 2.08. The normalized spacial score (nSPS) is 14.5. The summed E-state index contributed by atoms with van der Waals surface area (Å²) < 4.78 is 12.1. The lowest BCUT2D eigenvalue weighted by molar-refractivity contribution is -0.450. The third kappa shape index (κ3) is 8.96. The molecule has 0 aromatic rings. The van der Waals surface area contributed by atoms with E-state index in [0.717, 1.165) is 0 Å². The van der Waals surface area contributed by atoms with Crippen LogP contribution in [-0.4, -0.2) is 45.8 Å². The van der Waals surface area contributed by atoms with Crippen LogP contribution in [0.2, 0.25) is 0 Å². The summed E-state index contributed by atoms with van der Waals surface area (Å²) in [6.07, 6.45) is 3.10. The van der Waals surface area contributed by atoms with E-state index in [-0.39, 0.29) is 12.5 Å². The topological polar surface area (TPSA) is 81.6 Å². The largest absolute Gasteiger partial charge is 0.508 e. The first-order chi connectivity index (χ1) is 10.8. The van der Waals surface area contributed by atoms with Crippen LogP contribution in [0.15, 0.2) is 12.7 Å². The monoisotopic (exact) mass is 359 g/mol. The van der Waals surface area contributed by atoms with Crippen LogP contribution in [0.3, 0.4) is 0 Å². The fourth-order valence-electron chi connectivity index (χ4n) is 1.70. The second-order valence-electron chi connectivity index (χ2n) is 7.34. The van der Waals surface area contributed by atoms with Crippen molar-refractivity contribution in [3.05, 3.63) is 12.7 Å². The van der Waals surface area contributed by atoms with Crippen molar-refractivity contribution in [2.24, 2.45) is 11.7 Å². The Morgan fingerprint density at radius 1 is 1.17 bits per heavy atom. The summed E-state index contributed by atoms with van der Waals surface area (Å²) in [5.74, 6) is -0.895. The Hall–Kier alpha value is -1.50. The number of hydrogen-bond donors (Lipinski definition) is 1. The highest BCUT2D eigenvalue weighted by molar-refractivity contribution is 8.12. The quantitative estimate of drug-likeness (QED) is 0.267. The minimum Gasteiger partial charge on any atom is -0.460 e. The number of hydrogen-bond acceptors (Lipinski definition) is 5. The number of amidine groups is 1. The first-order valence-electron chi connectivity index (χ1n) is 7.83. The van der Waals surface area contributed by atoms with Crippen LogP contribution >= 0.6 is 11.8 Å². The molecule has 0 aromatic heterocycles. The maximum Gasteiger partial charge on any atom is 0.508 e. The van der Waals surface area contributed by atoms with E-state index < -0.39 is 23.2 Å². The summed E-state index contributed by atoms with van der Waals surface area (Å²) in [6.45, 7) is 14.7. The van der Waals surface area contributed by atoms with E-state index in [1.807, 2.05) is 0 Å². The van der Waals surface area contributed by atoms with Gasteiger partial charge in [-0.15, -0.1) is 6.58 Å². The number of esters is 1. The van der Waals surface area contributed by atoms with E-state index in [2.05, 4.69) is 6.58 Å². The van der Waals surface area contributed by atoms with Crippen molar-refractivity contribution in [1.82, 2.24) is 0 Å². The minimum absolute atomic E-state index is 0.234. The van der Waals surface area contributed by atoms with Crippen molar-refractivity contribution in [2.75, 3.05) is 12.8 Å². The fraction of sp³-hybridized carbons (Fsp3) is 0.706. The Kier molecular flexibility index (Phi) is 8.54. The van der Waals surface area contributed by atoms with E-state index in [1.54, 1.807) is 47.8 Å². The van der Waals surface area contributed by atoms with Gasteiger partial charge in [-0.3, -0.25) is 10.5 Å². The first-order valence-corrected chi connectivity index (χ1v) is 9.05. The molecule has 0 aliphatic rings. The Morgan fingerprint density at radius 2 is 1.67 bits per heavy atom. The molecule has 0 rings (SSSR count). The van der Waals surface area contributed by atoms with Gasteiger partial charge in [0.05, 0.1) is 12.5 Å². The lowest BCUT2D eigenvalue weighted by Gasteiger charge is -2.23. The maximum atomic E-state index is 12.3. The van der Waals surface area contributed by atoms with E-state index >= 15 is 0 Å². The van der Waals surface area contributed by atoms with E-state index in [9.17, 15) is 9.59 Å². The van der Waals surface area contributed by atoms with Crippen LogP contribution in [0.1, 0.15) is 48.0 Å². The molecular formula is C17H31N2O4S+. The SMILES string of the molecule is C=CC(CC[N+](C(=O)OC(C)(C)C)=C(N)SC)C(=O)OC(C)(C)C. The maximum absolute atomic E-state index is 12.3. The predicted octanol–water partition coefficient (Wildman–Crippen LogP) is 3.15. The highest BCUT2D eigenvalue weighted by Gasteiger charge is 2.28. The molecule has 0 radical (unpaired) electrons. The van der Waals surface area contributed by atoms with Gasteiger partial charge < -0.3 is 9.47 Å². The Morgan fingerprint density at radius 3 is 2.04 bits per heavy atom. The highest BCUT2D eigenvalue weighted by Crippen LogP contribution is 2.16. The first kappa shape index (κ1) is 22.5. The van der Waals surface area contributed by atoms with Crippen LogP contribution in [-0.2, 0) is 14.3 Å². The van der Waals surface area contributed by atoms with Crippen molar-refractivity contribution >= 4 is 29.0 Å². The number of carbonyl (C=O) groups excluding carboxylic acids is 2. The number of carbonyl (C=O) groups is 2. The van der Waals surface area contributed by atoms with Gasteiger partial charge in [-0.1, -0.05) is 6.08 Å². The van der Waals surface area contributed by atoms with Crippen LogP contribution in [0, 0.1) is 5.92 Å². The predicted molar refractivity (Wildman–Crippen MR) is 98.2 cm³/mol. The third-order valence-corrected chi connectivity index (χ3v) is 3.39. The number of ether oxygens (including phenoxy) is 2. The van der Waals surface area contributed by atoms with Crippen molar-refractivity contribution in [2.45, 2.75) is 59.2 Å². The lowest BCUT2D eigenvalue weighted by Crippen LogP contribution is -2.38. The van der Waals surface area contributed by atoms with Gasteiger partial charge in [-0.05, 0) is 59.6 Å². The van der Waals surface area contributed by atoms with Crippen molar-refractivity contribution in [1.29, 1.82) is 0 Å². The number of nitrogens with two attached hydrogens (primary N) is 1. The van der Waals surface area contributed by atoms with Crippen LogP contribution in [0.5, 0.6) is 0 Å². The molecule has 138 valence electrons. The van der Waals surface area contributed by atoms with Crippen molar-refractivity contribution in [3.63, 3.8) is 0 Å². The minimum atomic E-state index is -0.628. The van der Waals surface area contributed by atoms with Gasteiger partial charge in [-0.2, -0.15) is 9.37 Å². The molecule has 0 saturated carbocycles. The summed E-state index contributed by atoms with van der Waals surface area (Å²) in [4.78, 5) is 24.5. The summed E-state index contributed by atoms with van der Waals surface area (Å²) >= 11 is 1.24. The molecule has 0 heterocycles. The highest BCUT2D eigenvalue weighted by atomic mass is 32.2. The van der Waals surface area contributed by atoms with Gasteiger partial charge in [0.25, 0.3) is 0 Å². The molecule has 1 atom stereocenters. The van der Waals surface area contributed by atoms with Gasteiger partial charge in [0.2, 0.25) is 0 Å². The zero-order valence-electron chi connectivity index (χ0n) is 15.8. The lowest BCUT2D eigenvalue weighted by atomic mass is 10.1. The molecule has 1 amide bonds. The van der Waals surface area contributed by atoms with E-state index in [0.29, 0.717) is 11.6 Å². The molecule has 0 bridgehead atoms. The average molecular weight is 360 g/mol. The molecule has 0 aliphatic carbocycles. The molecule has 0 fully saturated rings. The van der Waals surface area contributed by atoms with Gasteiger partial charge in [0, 0.05) is 6.42 Å². The van der Waals surface area contributed by atoms with Crippen LogP contribution < -0.4 is 5.73 Å². The van der Waals surface area contributed by atoms with Gasteiger partial charge in [0.1, 0.15) is 11.2 Å². The number of rotatable bonds is 5. The van der Waals surface area contributed by atoms with Gasteiger partial charge in [0.15, 0.2) is 0 Å². The van der Waals surface area contributed by atoms with Gasteiger partial charge >= 0.3 is 17.2 Å². The summed E-state index contributed by atoms with van der Waals surface area (Å²) in [7, 11) is 0. The Bertz CT molecular complexity index is 502. The summed E-state index contributed by atoms with van der Waals surface area (Å²) in [6, 6.07) is 0. The smallest absolute Gasteiger partial charge is 0.460 e. The zero-order chi connectivity index (χ0) is 19.1.